The number of rotatable bonds is 6. The molecule has 6 heteroatoms. The van der Waals surface area contributed by atoms with Crippen molar-refractivity contribution >= 4 is 17.6 Å². The number of aryl methyl sites for hydroxylation is 1. The maximum absolute atomic E-state index is 5.59. The van der Waals surface area contributed by atoms with Crippen LogP contribution in [-0.2, 0) is 13.0 Å². The number of ether oxygens (including phenoxy) is 1. The molecule has 0 bridgehead atoms. The average molecular weight is 268 g/mol. The zero-order valence-corrected chi connectivity index (χ0v) is 10.8. The second-order valence-corrected chi connectivity index (χ2v) is 4.02. The number of nitrogens with one attached hydrogen (secondary N) is 1. The summed E-state index contributed by atoms with van der Waals surface area (Å²) in [7, 11) is 1.64. The fraction of sp³-hybridized carbons (Fsp3) is 0.333. The van der Waals surface area contributed by atoms with E-state index in [1.807, 2.05) is 24.3 Å². The van der Waals surface area contributed by atoms with Gasteiger partial charge >= 0.3 is 6.01 Å². The molecule has 0 atom stereocenters. The number of methoxy groups -OCH3 is 1. The first-order valence-electron chi connectivity index (χ1n) is 5.57. The smallest absolute Gasteiger partial charge is 0.315 e. The molecule has 0 saturated carbocycles. The van der Waals surface area contributed by atoms with Gasteiger partial charge in [0.25, 0.3) is 0 Å². The van der Waals surface area contributed by atoms with Crippen molar-refractivity contribution < 1.29 is 9.15 Å². The number of benzene rings is 1. The van der Waals surface area contributed by atoms with Gasteiger partial charge in [0.1, 0.15) is 5.75 Å². The highest BCUT2D eigenvalue weighted by Crippen LogP contribution is 2.13. The Kier molecular flexibility index (Phi) is 4.41. The Morgan fingerprint density at radius 2 is 2.06 bits per heavy atom. The van der Waals surface area contributed by atoms with Crippen LogP contribution in [-0.4, -0.2) is 23.2 Å². The first kappa shape index (κ1) is 12.7. The van der Waals surface area contributed by atoms with Gasteiger partial charge in [-0.2, -0.15) is 0 Å². The molecule has 2 aromatic rings. The Balaban J connectivity index is 1.89. The van der Waals surface area contributed by atoms with Crippen LogP contribution in [0.4, 0.5) is 6.01 Å². The van der Waals surface area contributed by atoms with E-state index in [-0.39, 0.29) is 0 Å². The van der Waals surface area contributed by atoms with Crippen molar-refractivity contribution in [2.45, 2.75) is 13.0 Å². The maximum atomic E-state index is 5.59. The number of hydrogen-bond acceptors (Lipinski definition) is 5. The normalized spacial score (nSPS) is 10.3. The minimum absolute atomic E-state index is 0.408. The highest BCUT2D eigenvalue weighted by atomic mass is 35.5. The van der Waals surface area contributed by atoms with Gasteiger partial charge in [0.2, 0.25) is 5.89 Å². The molecule has 0 unspecified atom stereocenters. The molecule has 0 saturated heterocycles. The Morgan fingerprint density at radius 3 is 2.72 bits per heavy atom. The SMILES string of the molecule is COc1ccc(CNc2nnc(CCCl)o2)cc1. The molecule has 0 spiro atoms. The lowest BCUT2D eigenvalue weighted by molar-refractivity contribution is 0.414. The summed E-state index contributed by atoms with van der Waals surface area (Å²) in [6.07, 6.45) is 0.582. The fourth-order valence-corrected chi connectivity index (χ4v) is 1.59. The standard InChI is InChI=1S/C12H14ClN3O2/c1-17-10-4-2-9(3-5-10)8-14-12-16-15-11(18-12)6-7-13/h2-5H,6-8H2,1H3,(H,14,16). The summed E-state index contributed by atoms with van der Waals surface area (Å²) in [5.74, 6) is 1.85. The average Bonchev–Trinajstić information content (AvgIpc) is 2.85. The van der Waals surface area contributed by atoms with E-state index in [0.717, 1.165) is 11.3 Å². The lowest BCUT2D eigenvalue weighted by Crippen LogP contribution is -1.99. The third kappa shape index (κ3) is 3.37. The van der Waals surface area contributed by atoms with Gasteiger partial charge in [-0.1, -0.05) is 17.2 Å². The highest BCUT2D eigenvalue weighted by Gasteiger charge is 2.04. The van der Waals surface area contributed by atoms with E-state index < -0.39 is 0 Å². The van der Waals surface area contributed by atoms with Crippen molar-refractivity contribution in [2.24, 2.45) is 0 Å². The van der Waals surface area contributed by atoms with Crippen LogP contribution in [0.1, 0.15) is 11.5 Å². The monoisotopic (exact) mass is 267 g/mol. The summed E-state index contributed by atoms with van der Waals surface area (Å²) in [6.45, 7) is 0.618. The van der Waals surface area contributed by atoms with Gasteiger partial charge in [-0.3, -0.25) is 0 Å². The van der Waals surface area contributed by atoms with Crippen molar-refractivity contribution in [3.63, 3.8) is 0 Å². The Bertz CT molecular complexity index is 484. The van der Waals surface area contributed by atoms with E-state index in [4.69, 9.17) is 20.8 Å². The number of alkyl halides is 1. The molecule has 1 aromatic heterocycles. The van der Waals surface area contributed by atoms with Crippen LogP contribution in [0.3, 0.4) is 0 Å². The third-order valence-corrected chi connectivity index (χ3v) is 2.57. The molecule has 96 valence electrons. The number of aromatic nitrogens is 2. The van der Waals surface area contributed by atoms with Crippen molar-refractivity contribution in [3.05, 3.63) is 35.7 Å². The molecule has 0 aliphatic carbocycles. The summed E-state index contributed by atoms with van der Waals surface area (Å²) < 4.78 is 10.4. The highest BCUT2D eigenvalue weighted by molar-refractivity contribution is 6.17. The first-order valence-corrected chi connectivity index (χ1v) is 6.10. The van der Waals surface area contributed by atoms with Gasteiger partial charge in [-0.15, -0.1) is 16.7 Å². The lowest BCUT2D eigenvalue weighted by Gasteiger charge is -2.03. The van der Waals surface area contributed by atoms with Crippen molar-refractivity contribution in [2.75, 3.05) is 18.3 Å². The molecule has 0 aliphatic rings. The van der Waals surface area contributed by atoms with Crippen LogP contribution >= 0.6 is 11.6 Å². The van der Waals surface area contributed by atoms with E-state index >= 15 is 0 Å². The number of nitrogens with zero attached hydrogens (tertiary/aromatic N) is 2. The van der Waals surface area contributed by atoms with Crippen LogP contribution in [0.15, 0.2) is 28.7 Å². The number of anilines is 1. The van der Waals surface area contributed by atoms with Crippen LogP contribution < -0.4 is 10.1 Å². The minimum atomic E-state index is 0.408. The summed E-state index contributed by atoms with van der Waals surface area (Å²) >= 11 is 5.59. The van der Waals surface area contributed by atoms with Gasteiger partial charge in [0.05, 0.1) is 7.11 Å². The number of hydrogen-bond donors (Lipinski definition) is 1. The second-order valence-electron chi connectivity index (χ2n) is 3.64. The predicted molar refractivity (Wildman–Crippen MR) is 69.0 cm³/mol. The summed E-state index contributed by atoms with van der Waals surface area (Å²) in [5, 5.41) is 10.8. The molecule has 1 heterocycles. The summed E-state index contributed by atoms with van der Waals surface area (Å²) in [5.41, 5.74) is 1.10. The Hall–Kier alpha value is -1.75. The largest absolute Gasteiger partial charge is 0.497 e. The van der Waals surface area contributed by atoms with Gasteiger partial charge in [-0.25, -0.2) is 0 Å². The molecule has 1 aromatic carbocycles. The van der Waals surface area contributed by atoms with Crippen molar-refractivity contribution in [3.8, 4) is 5.75 Å². The lowest BCUT2D eigenvalue weighted by atomic mass is 10.2. The predicted octanol–water partition coefficient (Wildman–Crippen LogP) is 2.47. The van der Waals surface area contributed by atoms with E-state index in [9.17, 15) is 0 Å². The second kappa shape index (κ2) is 6.26. The molecule has 0 aliphatic heterocycles. The van der Waals surface area contributed by atoms with Gasteiger partial charge in [-0.05, 0) is 17.7 Å². The van der Waals surface area contributed by atoms with Crippen molar-refractivity contribution in [1.29, 1.82) is 0 Å². The number of halogens is 1. The fourth-order valence-electron chi connectivity index (χ4n) is 1.43. The Labute approximate surface area is 110 Å². The van der Waals surface area contributed by atoms with E-state index in [2.05, 4.69) is 15.5 Å². The quantitative estimate of drug-likeness (QED) is 0.815. The van der Waals surface area contributed by atoms with Crippen LogP contribution in [0, 0.1) is 0 Å². The van der Waals surface area contributed by atoms with Gasteiger partial charge in [0.15, 0.2) is 0 Å². The molecular formula is C12H14ClN3O2. The van der Waals surface area contributed by atoms with Crippen LogP contribution in [0.5, 0.6) is 5.75 Å². The van der Waals surface area contributed by atoms with Crippen LogP contribution in [0.2, 0.25) is 0 Å². The molecule has 1 N–H and O–H groups in total. The molecule has 5 nitrogen and oxygen atoms in total. The maximum Gasteiger partial charge on any atom is 0.315 e. The van der Waals surface area contributed by atoms with Crippen molar-refractivity contribution in [1.82, 2.24) is 10.2 Å². The Morgan fingerprint density at radius 1 is 1.28 bits per heavy atom. The zero-order chi connectivity index (χ0) is 12.8. The van der Waals surface area contributed by atoms with Gasteiger partial charge in [0, 0.05) is 18.8 Å². The summed E-state index contributed by atoms with van der Waals surface area (Å²) in [4.78, 5) is 0. The van der Waals surface area contributed by atoms with E-state index in [0.29, 0.717) is 30.8 Å². The van der Waals surface area contributed by atoms with Crippen LogP contribution in [0.25, 0.3) is 0 Å². The third-order valence-electron chi connectivity index (χ3n) is 2.38. The van der Waals surface area contributed by atoms with E-state index in [1.54, 1.807) is 7.11 Å². The minimum Gasteiger partial charge on any atom is -0.497 e. The zero-order valence-electron chi connectivity index (χ0n) is 10.0. The molecule has 18 heavy (non-hydrogen) atoms. The van der Waals surface area contributed by atoms with Gasteiger partial charge < -0.3 is 14.5 Å². The summed E-state index contributed by atoms with van der Waals surface area (Å²) in [6, 6.07) is 8.17. The first-order chi connectivity index (χ1) is 8.81. The molecule has 0 amide bonds. The molecule has 2 rings (SSSR count). The molecular weight excluding hydrogens is 254 g/mol. The topological polar surface area (TPSA) is 60.2 Å². The molecule has 0 fully saturated rings. The molecule has 0 radical (unpaired) electrons. The van der Waals surface area contributed by atoms with E-state index in [1.165, 1.54) is 0 Å².